The fourth-order valence-corrected chi connectivity index (χ4v) is 2.43. The van der Waals surface area contributed by atoms with Gasteiger partial charge in [0.15, 0.2) is 0 Å². The average Bonchev–Trinajstić information content (AvgIpc) is 2.45. The van der Waals surface area contributed by atoms with Crippen molar-refractivity contribution in [2.75, 3.05) is 13.1 Å². The van der Waals surface area contributed by atoms with E-state index in [2.05, 4.69) is 13.8 Å². The van der Waals surface area contributed by atoms with E-state index >= 15 is 0 Å². The predicted octanol–water partition coefficient (Wildman–Crippen LogP) is 3.15. The number of ether oxygens (including phenoxy) is 1. The van der Waals surface area contributed by atoms with Crippen molar-refractivity contribution in [3.05, 3.63) is 0 Å². The Bertz CT molecular complexity index is 355. The Labute approximate surface area is 122 Å². The van der Waals surface area contributed by atoms with Crippen molar-refractivity contribution in [3.8, 4) is 0 Å². The third kappa shape index (κ3) is 6.40. The lowest BCUT2D eigenvalue weighted by Gasteiger charge is -2.24. The van der Waals surface area contributed by atoms with E-state index in [0.29, 0.717) is 5.41 Å². The molecule has 0 bridgehead atoms. The van der Waals surface area contributed by atoms with Crippen LogP contribution in [-0.4, -0.2) is 35.5 Å². The summed E-state index contributed by atoms with van der Waals surface area (Å²) < 4.78 is 5.22. The van der Waals surface area contributed by atoms with E-state index in [9.17, 15) is 9.59 Å². The van der Waals surface area contributed by atoms with Gasteiger partial charge < -0.3 is 9.64 Å². The molecule has 1 fully saturated rings. The highest BCUT2D eigenvalue weighted by atomic mass is 16.6. The first-order valence-electron chi connectivity index (χ1n) is 7.59. The summed E-state index contributed by atoms with van der Waals surface area (Å²) in [6.45, 7) is 11.6. The van der Waals surface area contributed by atoms with Crippen LogP contribution >= 0.6 is 0 Å². The van der Waals surface area contributed by atoms with Gasteiger partial charge in [-0.3, -0.25) is 9.59 Å². The van der Waals surface area contributed by atoms with E-state index < -0.39 is 5.60 Å². The molecule has 1 aliphatic rings. The first-order valence-corrected chi connectivity index (χ1v) is 7.59. The normalized spacial score (nSPS) is 19.4. The van der Waals surface area contributed by atoms with Gasteiger partial charge in [0.1, 0.15) is 5.60 Å². The van der Waals surface area contributed by atoms with Crippen molar-refractivity contribution in [3.63, 3.8) is 0 Å². The number of nitrogens with zero attached hydrogens (tertiary/aromatic N) is 1. The number of rotatable bonds is 3. The fourth-order valence-electron chi connectivity index (χ4n) is 2.43. The Hall–Kier alpha value is -1.06. The molecule has 0 aromatic carbocycles. The van der Waals surface area contributed by atoms with Gasteiger partial charge in [0.05, 0.1) is 6.42 Å². The number of amides is 1. The molecule has 1 saturated heterocycles. The molecule has 1 rings (SSSR count). The largest absolute Gasteiger partial charge is 0.460 e. The predicted molar refractivity (Wildman–Crippen MR) is 79.3 cm³/mol. The Kier molecular flexibility index (Phi) is 5.60. The molecule has 0 atom stereocenters. The molecule has 0 N–H and O–H groups in total. The quantitative estimate of drug-likeness (QED) is 0.747. The van der Waals surface area contributed by atoms with Gasteiger partial charge >= 0.3 is 5.97 Å². The fraction of sp³-hybridized carbons (Fsp3) is 0.875. The lowest BCUT2D eigenvalue weighted by atomic mass is 9.85. The summed E-state index contributed by atoms with van der Waals surface area (Å²) >= 11 is 0. The zero-order chi connectivity index (χ0) is 15.4. The molecule has 0 unspecified atom stereocenters. The molecule has 0 aliphatic carbocycles. The Morgan fingerprint density at radius 1 is 1.10 bits per heavy atom. The zero-order valence-corrected chi connectivity index (χ0v) is 13.6. The summed E-state index contributed by atoms with van der Waals surface area (Å²) in [5.41, 5.74) is -0.160. The van der Waals surface area contributed by atoms with E-state index in [4.69, 9.17) is 4.74 Å². The van der Waals surface area contributed by atoms with Crippen LogP contribution in [0.3, 0.4) is 0 Å². The van der Waals surface area contributed by atoms with E-state index in [-0.39, 0.29) is 24.7 Å². The van der Waals surface area contributed by atoms with Crippen LogP contribution in [0, 0.1) is 5.41 Å². The lowest BCUT2D eigenvalue weighted by molar-refractivity contribution is -0.156. The van der Waals surface area contributed by atoms with Crippen LogP contribution in [-0.2, 0) is 14.3 Å². The van der Waals surface area contributed by atoms with Gasteiger partial charge in [-0.1, -0.05) is 13.8 Å². The second-order valence-corrected chi connectivity index (χ2v) is 7.48. The van der Waals surface area contributed by atoms with Crippen LogP contribution in [0.4, 0.5) is 0 Å². The first kappa shape index (κ1) is 17.0. The van der Waals surface area contributed by atoms with E-state index in [1.165, 1.54) is 0 Å². The van der Waals surface area contributed by atoms with Crippen LogP contribution < -0.4 is 0 Å². The Balaban J connectivity index is 2.38. The van der Waals surface area contributed by atoms with Gasteiger partial charge in [0.25, 0.3) is 0 Å². The molecule has 4 nitrogen and oxygen atoms in total. The molecule has 1 amide bonds. The molecule has 4 heteroatoms. The summed E-state index contributed by atoms with van der Waals surface area (Å²) in [6, 6.07) is 0. The molecule has 1 heterocycles. The molecule has 0 radical (unpaired) electrons. The maximum Gasteiger partial charge on any atom is 0.306 e. The van der Waals surface area contributed by atoms with Gasteiger partial charge in [-0.2, -0.15) is 0 Å². The summed E-state index contributed by atoms with van der Waals surface area (Å²) in [5.74, 6) is -0.213. The van der Waals surface area contributed by atoms with E-state index in [0.717, 1.165) is 32.4 Å². The smallest absolute Gasteiger partial charge is 0.306 e. The molecule has 0 saturated carbocycles. The monoisotopic (exact) mass is 283 g/mol. The summed E-state index contributed by atoms with van der Waals surface area (Å²) in [7, 11) is 0. The standard InChI is InChI=1S/C16H29NO3/c1-15(2,3)20-14(19)8-7-13(18)17-11-6-9-16(4,5)10-12-17/h6-12H2,1-5H3. The summed E-state index contributed by atoms with van der Waals surface area (Å²) in [5, 5.41) is 0. The van der Waals surface area contributed by atoms with Crippen LogP contribution in [0.15, 0.2) is 0 Å². The molecule has 0 spiro atoms. The molecule has 0 aromatic rings. The van der Waals surface area contributed by atoms with Gasteiger partial charge in [0.2, 0.25) is 5.91 Å². The molecular formula is C16H29NO3. The van der Waals surface area contributed by atoms with Crippen molar-refractivity contribution < 1.29 is 14.3 Å². The summed E-state index contributed by atoms with van der Waals surface area (Å²) in [6.07, 6.45) is 3.67. The van der Waals surface area contributed by atoms with Crippen molar-refractivity contribution in [2.24, 2.45) is 5.41 Å². The molecule has 1 aliphatic heterocycles. The SMILES string of the molecule is CC1(C)CCCN(C(=O)CCC(=O)OC(C)(C)C)CC1. The number of carbonyl (C=O) groups excluding carboxylic acids is 2. The van der Waals surface area contributed by atoms with Gasteiger partial charge in [0, 0.05) is 19.5 Å². The van der Waals surface area contributed by atoms with Crippen molar-refractivity contribution in [1.29, 1.82) is 0 Å². The molecular weight excluding hydrogens is 254 g/mol. The van der Waals surface area contributed by atoms with Crippen molar-refractivity contribution in [2.45, 2.75) is 72.3 Å². The minimum absolute atomic E-state index is 0.0774. The number of esters is 1. The van der Waals surface area contributed by atoms with Crippen molar-refractivity contribution >= 4 is 11.9 Å². The topological polar surface area (TPSA) is 46.6 Å². The Morgan fingerprint density at radius 3 is 2.35 bits per heavy atom. The number of carbonyl (C=O) groups is 2. The lowest BCUT2D eigenvalue weighted by Crippen LogP contribution is -2.33. The number of hydrogen-bond donors (Lipinski definition) is 0. The highest BCUT2D eigenvalue weighted by Gasteiger charge is 2.26. The molecule has 20 heavy (non-hydrogen) atoms. The molecule has 0 aromatic heterocycles. The van der Waals surface area contributed by atoms with Crippen LogP contribution in [0.25, 0.3) is 0 Å². The van der Waals surface area contributed by atoms with Crippen LogP contribution in [0.2, 0.25) is 0 Å². The van der Waals surface area contributed by atoms with Crippen LogP contribution in [0.5, 0.6) is 0 Å². The highest BCUT2D eigenvalue weighted by molar-refractivity contribution is 5.81. The van der Waals surface area contributed by atoms with E-state index in [1.54, 1.807) is 0 Å². The average molecular weight is 283 g/mol. The Morgan fingerprint density at radius 2 is 1.75 bits per heavy atom. The second kappa shape index (κ2) is 6.59. The number of likely N-dealkylation sites (tertiary alicyclic amines) is 1. The van der Waals surface area contributed by atoms with Gasteiger partial charge in [-0.15, -0.1) is 0 Å². The maximum atomic E-state index is 12.2. The zero-order valence-electron chi connectivity index (χ0n) is 13.6. The van der Waals surface area contributed by atoms with Gasteiger partial charge in [-0.25, -0.2) is 0 Å². The van der Waals surface area contributed by atoms with Crippen LogP contribution in [0.1, 0.15) is 66.7 Å². The van der Waals surface area contributed by atoms with E-state index in [1.807, 2.05) is 25.7 Å². The summed E-state index contributed by atoms with van der Waals surface area (Å²) in [4.78, 5) is 25.7. The van der Waals surface area contributed by atoms with Gasteiger partial charge in [-0.05, 0) is 45.4 Å². The van der Waals surface area contributed by atoms with Crippen molar-refractivity contribution in [1.82, 2.24) is 4.90 Å². The first-order chi connectivity index (χ1) is 9.09. The highest BCUT2D eigenvalue weighted by Crippen LogP contribution is 2.29. The maximum absolute atomic E-state index is 12.2. The number of hydrogen-bond acceptors (Lipinski definition) is 3. The molecule has 116 valence electrons. The third-order valence-corrected chi connectivity index (χ3v) is 3.66. The second-order valence-electron chi connectivity index (χ2n) is 7.48. The minimum Gasteiger partial charge on any atom is -0.460 e. The third-order valence-electron chi connectivity index (χ3n) is 3.66. The minimum atomic E-state index is -0.479.